The van der Waals surface area contributed by atoms with Gasteiger partial charge in [-0.25, -0.2) is 0 Å². The minimum absolute atomic E-state index is 0.00714. The predicted molar refractivity (Wildman–Crippen MR) is 217 cm³/mol. The van der Waals surface area contributed by atoms with Crippen molar-refractivity contribution in [3.05, 3.63) is 0 Å². The minimum Gasteiger partial charge on any atom is -0.480 e. The van der Waals surface area contributed by atoms with Crippen molar-refractivity contribution in [3.8, 4) is 0 Å². The lowest BCUT2D eigenvalue weighted by Gasteiger charge is -2.27. The van der Waals surface area contributed by atoms with Crippen molar-refractivity contribution in [2.24, 2.45) is 0 Å². The molecule has 52 heavy (non-hydrogen) atoms. The van der Waals surface area contributed by atoms with E-state index in [1.807, 2.05) is 51.3 Å². The van der Waals surface area contributed by atoms with Crippen molar-refractivity contribution in [2.75, 3.05) is 127 Å². The number of carboxylic acids is 2. The fraction of sp³-hybridized carbons (Fsp3) is 0.886. The molecule has 0 spiro atoms. The van der Waals surface area contributed by atoms with Gasteiger partial charge in [-0.3, -0.25) is 38.8 Å². The molecule has 306 valence electrons. The van der Waals surface area contributed by atoms with E-state index in [0.717, 1.165) is 68.2 Å². The van der Waals surface area contributed by atoms with Gasteiger partial charge < -0.3 is 29.9 Å². The summed E-state index contributed by atoms with van der Waals surface area (Å²) in [5, 5.41) is 24.4. The molecule has 14 nitrogen and oxygen atoms in total. The number of unbranched alkanes of at least 4 members (excludes halogenated alkanes) is 1. The fourth-order valence-electron chi connectivity index (χ4n) is 5.11. The van der Waals surface area contributed by atoms with Crippen molar-refractivity contribution < 1.29 is 38.9 Å². The maximum absolute atomic E-state index is 12.1. The van der Waals surface area contributed by atoms with Gasteiger partial charge >= 0.3 is 23.9 Å². The Kier molecular flexibility index (Phi) is 28.9. The van der Waals surface area contributed by atoms with Crippen LogP contribution in [0.4, 0.5) is 0 Å². The van der Waals surface area contributed by atoms with Gasteiger partial charge in [0.1, 0.15) is 11.2 Å². The fourth-order valence-corrected chi connectivity index (χ4v) is 6.16. The Balaban J connectivity index is 0.000000873. The molecule has 2 aliphatic rings. The van der Waals surface area contributed by atoms with Crippen LogP contribution in [0.15, 0.2) is 0 Å². The first-order valence-corrected chi connectivity index (χ1v) is 21.6. The van der Waals surface area contributed by atoms with Crippen LogP contribution < -0.4 is 5.32 Å². The van der Waals surface area contributed by atoms with E-state index >= 15 is 0 Å². The Morgan fingerprint density at radius 1 is 0.519 bits per heavy atom. The molecule has 0 aliphatic carbocycles. The highest BCUT2D eigenvalue weighted by atomic mass is 79.9. The third-order valence-electron chi connectivity index (χ3n) is 7.53. The van der Waals surface area contributed by atoms with E-state index in [0.29, 0.717) is 39.3 Å². The maximum Gasteiger partial charge on any atom is 0.320 e. The Hall–Kier alpha value is -0.920. The predicted octanol–water partition coefficient (Wildman–Crippen LogP) is 3.29. The van der Waals surface area contributed by atoms with E-state index < -0.39 is 23.1 Å². The van der Waals surface area contributed by atoms with Crippen molar-refractivity contribution in [2.45, 2.75) is 72.0 Å². The van der Waals surface area contributed by atoms with Crippen LogP contribution >= 0.6 is 47.8 Å². The molecule has 0 unspecified atom stereocenters. The van der Waals surface area contributed by atoms with Crippen molar-refractivity contribution in [1.82, 2.24) is 29.8 Å². The molecule has 3 N–H and O–H groups in total. The second kappa shape index (κ2) is 29.4. The van der Waals surface area contributed by atoms with Gasteiger partial charge in [0.05, 0.1) is 26.2 Å². The number of ether oxygens (including phenoxy) is 2. The normalized spacial score (nSPS) is 18.0. The number of aliphatic carboxylic acids is 2. The molecule has 17 heteroatoms. The number of nitrogens with zero attached hydrogens (tertiary/aromatic N) is 5. The summed E-state index contributed by atoms with van der Waals surface area (Å²) < 4.78 is 10.8. The molecular formula is C35H67Br3N6O8. The Morgan fingerprint density at radius 2 is 0.827 bits per heavy atom. The molecule has 0 aromatic carbocycles. The van der Waals surface area contributed by atoms with Crippen molar-refractivity contribution in [1.29, 1.82) is 0 Å². The number of hydrogen-bond acceptors (Lipinski definition) is 12. The smallest absolute Gasteiger partial charge is 0.320 e. The molecule has 0 aromatic rings. The number of alkyl halides is 3. The molecule has 0 aromatic heterocycles. The van der Waals surface area contributed by atoms with Gasteiger partial charge in [0.25, 0.3) is 0 Å². The minimum atomic E-state index is -0.842. The molecule has 2 fully saturated rings. The van der Waals surface area contributed by atoms with Gasteiger partial charge in [0.2, 0.25) is 0 Å². The first-order valence-electron chi connectivity index (χ1n) is 18.2. The summed E-state index contributed by atoms with van der Waals surface area (Å²) in [4.78, 5) is 56.1. The van der Waals surface area contributed by atoms with Crippen LogP contribution in [0.25, 0.3) is 0 Å². The van der Waals surface area contributed by atoms with Crippen LogP contribution in [0.5, 0.6) is 0 Å². The van der Waals surface area contributed by atoms with Gasteiger partial charge in [0.15, 0.2) is 0 Å². The Labute approximate surface area is 338 Å². The number of nitrogens with one attached hydrogen (secondary N) is 1. The lowest BCUT2D eigenvalue weighted by Crippen LogP contribution is -2.42. The summed E-state index contributed by atoms with van der Waals surface area (Å²) in [7, 11) is 0. The van der Waals surface area contributed by atoms with Crippen LogP contribution in [0.1, 0.15) is 60.8 Å². The van der Waals surface area contributed by atoms with E-state index in [1.54, 1.807) is 0 Å². The SMILES string of the molecule is BrCCCCBr.CC(C)(C)OC(=O)CN1CCNCCN(CC(=O)OC(C)(C)C)CC1.O=C(O)CN1CCN(CCCBr)CCN(CC(=O)O)CC1. The van der Waals surface area contributed by atoms with E-state index in [-0.39, 0.29) is 38.1 Å². The second-order valence-corrected chi connectivity index (χ2v) is 17.2. The lowest BCUT2D eigenvalue weighted by atomic mass is 10.2. The average Bonchev–Trinajstić information content (AvgIpc) is 3.17. The molecule has 0 amide bonds. The second-order valence-electron chi connectivity index (χ2n) is 14.8. The molecule has 0 bridgehead atoms. The third-order valence-corrected chi connectivity index (χ3v) is 9.21. The molecule has 0 saturated carbocycles. The molecule has 2 heterocycles. The van der Waals surface area contributed by atoms with Crippen LogP contribution in [0.3, 0.4) is 0 Å². The zero-order chi connectivity index (χ0) is 39.6. The average molecular weight is 940 g/mol. The van der Waals surface area contributed by atoms with Crippen LogP contribution in [0, 0.1) is 0 Å². The molecule has 2 saturated heterocycles. The van der Waals surface area contributed by atoms with Gasteiger partial charge in [0, 0.05) is 94.5 Å². The highest BCUT2D eigenvalue weighted by molar-refractivity contribution is 9.09. The topological polar surface area (TPSA) is 155 Å². The van der Waals surface area contributed by atoms with Crippen LogP contribution in [-0.2, 0) is 28.7 Å². The first-order chi connectivity index (χ1) is 24.4. The van der Waals surface area contributed by atoms with Gasteiger partial charge in [-0.15, -0.1) is 0 Å². The number of rotatable bonds is 14. The standard InChI is InChI=1S/C18H35N3O4.C13H24BrN3O4.C4H8Br2/c1-17(2,3)24-15(22)13-20-9-7-19-8-10-21(12-11-20)14-16(23)25-18(4,5)6;14-2-1-3-15-4-6-16(10-12(18)19)8-9-17(7-5-15)11-13(20)21;5-3-1-2-4-6/h19H,7-14H2,1-6H3;1-11H2,(H,18,19)(H,20,21);1-4H2. The van der Waals surface area contributed by atoms with Crippen molar-refractivity contribution in [3.63, 3.8) is 0 Å². The quantitative estimate of drug-likeness (QED) is 0.133. The number of hydrogen-bond donors (Lipinski definition) is 3. The van der Waals surface area contributed by atoms with E-state index in [2.05, 4.69) is 67.8 Å². The number of carbonyl (C=O) groups is 4. The summed E-state index contributed by atoms with van der Waals surface area (Å²) in [6.45, 7) is 21.5. The highest BCUT2D eigenvalue weighted by Gasteiger charge is 2.23. The summed E-state index contributed by atoms with van der Waals surface area (Å²) in [6.07, 6.45) is 3.59. The summed E-state index contributed by atoms with van der Waals surface area (Å²) in [6, 6.07) is 0. The zero-order valence-corrected chi connectivity index (χ0v) is 37.2. The highest BCUT2D eigenvalue weighted by Crippen LogP contribution is 2.09. The van der Waals surface area contributed by atoms with Crippen LogP contribution in [-0.4, -0.2) is 197 Å². The molecule has 2 rings (SSSR count). The number of halogens is 3. The van der Waals surface area contributed by atoms with E-state index in [4.69, 9.17) is 19.7 Å². The van der Waals surface area contributed by atoms with Crippen LogP contribution in [0.2, 0.25) is 0 Å². The first kappa shape index (κ1) is 51.1. The maximum atomic E-state index is 12.1. The van der Waals surface area contributed by atoms with E-state index in [1.165, 1.54) is 12.8 Å². The van der Waals surface area contributed by atoms with Gasteiger partial charge in [-0.05, 0) is 67.3 Å². The largest absolute Gasteiger partial charge is 0.480 e. The van der Waals surface area contributed by atoms with E-state index in [9.17, 15) is 19.2 Å². The van der Waals surface area contributed by atoms with Crippen molar-refractivity contribution >= 4 is 71.7 Å². The Bertz CT molecular complexity index is 931. The summed E-state index contributed by atoms with van der Waals surface area (Å²) in [5.74, 6) is -2.12. The van der Waals surface area contributed by atoms with Gasteiger partial charge in [-0.2, -0.15) is 0 Å². The Morgan fingerprint density at radius 3 is 1.12 bits per heavy atom. The van der Waals surface area contributed by atoms with Gasteiger partial charge in [-0.1, -0.05) is 47.8 Å². The lowest BCUT2D eigenvalue weighted by molar-refractivity contribution is -0.158. The summed E-state index contributed by atoms with van der Waals surface area (Å²) in [5.41, 5.74) is -0.949. The molecule has 0 radical (unpaired) electrons. The molecule has 0 atom stereocenters. The number of esters is 2. The number of carbonyl (C=O) groups excluding carboxylic acids is 2. The number of carboxylic acid groups (broad SMARTS) is 2. The molecular weight excluding hydrogens is 872 g/mol. The third kappa shape index (κ3) is 31.4. The summed E-state index contributed by atoms with van der Waals surface area (Å²) >= 11 is 10.1. The monoisotopic (exact) mass is 936 g/mol. The zero-order valence-electron chi connectivity index (χ0n) is 32.5. The molecule has 2 aliphatic heterocycles.